The molecule has 3 aromatic rings. The van der Waals surface area contributed by atoms with E-state index in [4.69, 9.17) is 4.55 Å². The van der Waals surface area contributed by atoms with Crippen LogP contribution >= 0.6 is 7.92 Å². The van der Waals surface area contributed by atoms with Crippen LogP contribution in [0.1, 0.15) is 25.3 Å². The Hall–Kier alpha value is -2.63. The summed E-state index contributed by atoms with van der Waals surface area (Å²) in [6, 6.07) is 31.1. The van der Waals surface area contributed by atoms with Crippen molar-refractivity contribution < 1.29 is 52.5 Å². The van der Waals surface area contributed by atoms with Crippen LogP contribution in [0.25, 0.3) is 0 Å². The fourth-order valence-corrected chi connectivity index (χ4v) is 6.05. The monoisotopic (exact) mass is 618 g/mol. The van der Waals surface area contributed by atoms with Crippen molar-refractivity contribution in [3.63, 3.8) is 0 Å². The fourth-order valence-electron chi connectivity index (χ4n) is 3.32. The summed E-state index contributed by atoms with van der Waals surface area (Å²) in [4.78, 5) is 0. The molecule has 3 rings (SSSR count). The van der Waals surface area contributed by atoms with E-state index in [0.717, 1.165) is 0 Å². The van der Waals surface area contributed by atoms with Crippen LogP contribution in [0.3, 0.4) is 0 Å². The molecule has 3 nitrogen and oxygen atoms in total. The standard InChI is InChI=1S/C22H23P.C4HF9O3S/c1-2-3-10-19-15-17-22(18-16-19)23(20-11-6-4-7-12-20)21-13-8-5-9-14-21;5-1(6,3(9,10)11)2(7,8)4(12,13)17(14,15)16/h4-9,11-18H,2-3,10H2,1H3;(H,14,15,16). The molecule has 0 unspecified atom stereocenters. The van der Waals surface area contributed by atoms with E-state index >= 15 is 0 Å². The van der Waals surface area contributed by atoms with E-state index in [0.29, 0.717) is 0 Å². The Balaban J connectivity index is 0.000000296. The lowest BCUT2D eigenvalue weighted by atomic mass is 10.1. The minimum Gasteiger partial charge on any atom is -0.281 e. The van der Waals surface area contributed by atoms with E-state index in [1.807, 2.05) is 0 Å². The maximum atomic E-state index is 12.2. The molecule has 0 aliphatic rings. The summed E-state index contributed by atoms with van der Waals surface area (Å²) < 4.78 is 134. The number of alkyl halides is 9. The topological polar surface area (TPSA) is 54.4 Å². The van der Waals surface area contributed by atoms with Gasteiger partial charge in [-0.25, -0.2) is 0 Å². The Bertz CT molecular complexity index is 1280. The first-order chi connectivity index (χ1) is 18.4. The Kier molecular flexibility index (Phi) is 10.8. The van der Waals surface area contributed by atoms with E-state index in [1.165, 1.54) is 40.7 Å². The normalized spacial score (nSPS) is 13.1. The zero-order valence-corrected chi connectivity index (χ0v) is 22.4. The number of hydrogen-bond donors (Lipinski definition) is 1. The molecule has 1 N–H and O–H groups in total. The minimum absolute atomic E-state index is 0.471. The Morgan fingerprint density at radius 3 is 1.40 bits per heavy atom. The summed E-state index contributed by atoms with van der Waals surface area (Å²) in [6.45, 7) is 2.25. The smallest absolute Gasteiger partial charge is 0.281 e. The summed E-state index contributed by atoms with van der Waals surface area (Å²) in [6.07, 6.45) is -3.43. The van der Waals surface area contributed by atoms with Gasteiger partial charge in [0.15, 0.2) is 0 Å². The zero-order valence-electron chi connectivity index (χ0n) is 20.7. The number of halogens is 9. The van der Waals surface area contributed by atoms with Crippen LogP contribution in [0.4, 0.5) is 39.5 Å². The molecule has 0 atom stereocenters. The first kappa shape index (κ1) is 33.6. The lowest BCUT2D eigenvalue weighted by molar-refractivity contribution is -0.382. The van der Waals surface area contributed by atoms with Crippen molar-refractivity contribution in [1.82, 2.24) is 0 Å². The molecule has 220 valence electrons. The van der Waals surface area contributed by atoms with Crippen molar-refractivity contribution in [2.45, 2.75) is 49.5 Å². The average molecular weight is 618 g/mol. The largest absolute Gasteiger partial charge is 0.460 e. The van der Waals surface area contributed by atoms with Crippen LogP contribution in [0, 0.1) is 0 Å². The maximum Gasteiger partial charge on any atom is 0.460 e. The van der Waals surface area contributed by atoms with Crippen molar-refractivity contribution in [3.05, 3.63) is 90.5 Å². The molecule has 0 bridgehead atoms. The molecule has 40 heavy (non-hydrogen) atoms. The van der Waals surface area contributed by atoms with E-state index in [9.17, 15) is 47.9 Å². The molecular formula is C26H24F9O3PS. The van der Waals surface area contributed by atoms with Gasteiger partial charge in [-0.05, 0) is 42.2 Å². The summed E-state index contributed by atoms with van der Waals surface area (Å²) in [5, 5.41) is -2.75. The summed E-state index contributed by atoms with van der Waals surface area (Å²) in [5.74, 6) is -14.7. The van der Waals surface area contributed by atoms with Gasteiger partial charge in [-0.2, -0.15) is 47.9 Å². The third-order valence-corrected chi connectivity index (χ3v) is 8.83. The van der Waals surface area contributed by atoms with Gasteiger partial charge in [0.25, 0.3) is 0 Å². The molecule has 0 saturated carbocycles. The Labute approximate surface area is 226 Å². The molecule has 0 fully saturated rings. The van der Waals surface area contributed by atoms with Crippen LogP contribution < -0.4 is 15.9 Å². The first-order valence-corrected chi connectivity index (χ1v) is 14.3. The van der Waals surface area contributed by atoms with E-state index in [1.54, 1.807) is 0 Å². The predicted molar refractivity (Wildman–Crippen MR) is 136 cm³/mol. The molecule has 0 amide bonds. The molecule has 3 aromatic carbocycles. The van der Waals surface area contributed by atoms with E-state index < -0.39 is 41.3 Å². The highest BCUT2D eigenvalue weighted by molar-refractivity contribution is 7.87. The van der Waals surface area contributed by atoms with Crippen molar-refractivity contribution in [3.8, 4) is 0 Å². The van der Waals surface area contributed by atoms with E-state index in [2.05, 4.69) is 91.9 Å². The minimum atomic E-state index is -7.37. The molecule has 0 aliphatic carbocycles. The third-order valence-electron chi connectivity index (χ3n) is 5.48. The SMILES string of the molecule is CCCCc1ccc(P(c2ccccc2)c2ccccc2)cc1.O=S(=O)(O)C(F)(F)C(F)(F)C(F)(F)C(F)(F)F. The molecular weight excluding hydrogens is 594 g/mol. The van der Waals surface area contributed by atoms with Crippen molar-refractivity contribution in [1.29, 1.82) is 0 Å². The zero-order chi connectivity index (χ0) is 30.4. The van der Waals surface area contributed by atoms with Crippen molar-refractivity contribution >= 4 is 34.0 Å². The highest BCUT2D eigenvalue weighted by Crippen LogP contribution is 2.54. The van der Waals surface area contributed by atoms with Crippen LogP contribution in [0.5, 0.6) is 0 Å². The van der Waals surface area contributed by atoms with Gasteiger partial charge in [0.05, 0.1) is 0 Å². The van der Waals surface area contributed by atoms with Gasteiger partial charge < -0.3 is 0 Å². The number of benzene rings is 3. The molecule has 0 aliphatic heterocycles. The maximum absolute atomic E-state index is 12.2. The average Bonchev–Trinajstić information content (AvgIpc) is 2.88. The lowest BCUT2D eigenvalue weighted by Gasteiger charge is -2.31. The Morgan fingerprint density at radius 2 is 1.05 bits per heavy atom. The lowest BCUT2D eigenvalue weighted by Crippen LogP contribution is -2.63. The van der Waals surface area contributed by atoms with Crippen molar-refractivity contribution in [2.75, 3.05) is 0 Å². The second-order valence-corrected chi connectivity index (χ2v) is 12.1. The van der Waals surface area contributed by atoms with Gasteiger partial charge >= 0.3 is 33.4 Å². The first-order valence-electron chi connectivity index (χ1n) is 11.5. The third kappa shape index (κ3) is 7.36. The van der Waals surface area contributed by atoms with Crippen LogP contribution in [0.2, 0.25) is 0 Å². The molecule has 0 spiro atoms. The number of hydrogen-bond acceptors (Lipinski definition) is 2. The highest BCUT2D eigenvalue weighted by atomic mass is 32.2. The van der Waals surface area contributed by atoms with Crippen LogP contribution in [-0.4, -0.2) is 36.2 Å². The fraction of sp³-hybridized carbons (Fsp3) is 0.308. The van der Waals surface area contributed by atoms with Gasteiger partial charge in [0.1, 0.15) is 0 Å². The molecule has 14 heteroatoms. The van der Waals surface area contributed by atoms with Crippen LogP contribution in [0.15, 0.2) is 84.9 Å². The quantitative estimate of drug-likeness (QED) is 0.158. The van der Waals surface area contributed by atoms with Crippen molar-refractivity contribution in [2.24, 2.45) is 0 Å². The molecule has 0 radical (unpaired) electrons. The second-order valence-electron chi connectivity index (χ2n) is 8.41. The second kappa shape index (κ2) is 12.9. The predicted octanol–water partition coefficient (Wildman–Crippen LogP) is 7.09. The van der Waals surface area contributed by atoms with Gasteiger partial charge in [-0.15, -0.1) is 0 Å². The summed E-state index contributed by atoms with van der Waals surface area (Å²) in [5.41, 5.74) is 1.45. The van der Waals surface area contributed by atoms with Gasteiger partial charge in [-0.3, -0.25) is 4.55 Å². The molecule has 0 heterocycles. The van der Waals surface area contributed by atoms with Crippen LogP contribution in [-0.2, 0) is 16.5 Å². The molecule has 0 saturated heterocycles. The molecule has 0 aromatic heterocycles. The van der Waals surface area contributed by atoms with Gasteiger partial charge in [0.2, 0.25) is 0 Å². The Morgan fingerprint density at radius 1 is 0.650 bits per heavy atom. The van der Waals surface area contributed by atoms with Gasteiger partial charge in [-0.1, -0.05) is 98.3 Å². The summed E-state index contributed by atoms with van der Waals surface area (Å²) >= 11 is 0. The number of unbranched alkanes of at least 4 members (excludes halogenated alkanes) is 1. The highest BCUT2D eigenvalue weighted by Gasteiger charge is 2.85. The number of rotatable bonds is 9. The summed E-state index contributed by atoms with van der Waals surface area (Å²) in [7, 11) is -7.64. The van der Waals surface area contributed by atoms with E-state index in [-0.39, 0.29) is 0 Å². The number of aryl methyl sites for hydroxylation is 1. The van der Waals surface area contributed by atoms with Gasteiger partial charge in [0, 0.05) is 0 Å².